The molecule has 1 aromatic heterocycles. The number of nitrogens with zero attached hydrogens (tertiary/aromatic N) is 3. The Balaban J connectivity index is 1.43. The normalized spacial score (nSPS) is 17.4. The molecule has 1 saturated heterocycles. The molecular formula is C22H24N4O6S2. The molecule has 1 fully saturated rings. The lowest BCUT2D eigenvalue weighted by Gasteiger charge is -2.30. The summed E-state index contributed by atoms with van der Waals surface area (Å²) < 4.78 is 56.0. The number of sulfonamides is 1. The molecule has 1 amide bonds. The highest BCUT2D eigenvalue weighted by Crippen LogP contribution is 2.26. The Hall–Kier alpha value is -3.09. The van der Waals surface area contributed by atoms with Crippen LogP contribution in [0.3, 0.4) is 0 Å². The Morgan fingerprint density at radius 2 is 1.65 bits per heavy atom. The highest BCUT2D eigenvalue weighted by Gasteiger charge is 2.33. The molecule has 1 aliphatic rings. The van der Waals surface area contributed by atoms with E-state index in [2.05, 4.69) is 15.5 Å². The van der Waals surface area contributed by atoms with Gasteiger partial charge in [0.15, 0.2) is 9.84 Å². The molecule has 10 nitrogen and oxygen atoms in total. The number of piperidine rings is 1. The van der Waals surface area contributed by atoms with Crippen molar-refractivity contribution >= 4 is 31.8 Å². The molecule has 2 heterocycles. The number of hydrogen-bond donors (Lipinski definition) is 1. The molecule has 4 rings (SSSR count). The van der Waals surface area contributed by atoms with Gasteiger partial charge in [-0.15, -0.1) is 5.10 Å². The lowest BCUT2D eigenvalue weighted by molar-refractivity contribution is -0.121. The van der Waals surface area contributed by atoms with Gasteiger partial charge in [-0.3, -0.25) is 10.1 Å². The minimum absolute atomic E-state index is 0.0516. The Labute approximate surface area is 198 Å². The number of hydrogen-bond acceptors (Lipinski definition) is 8. The van der Waals surface area contributed by atoms with E-state index in [4.69, 9.17) is 4.42 Å². The molecule has 1 aliphatic heterocycles. The van der Waals surface area contributed by atoms with Crippen molar-refractivity contribution in [1.82, 2.24) is 14.5 Å². The van der Waals surface area contributed by atoms with Gasteiger partial charge in [-0.25, -0.2) is 16.8 Å². The molecule has 1 unspecified atom stereocenters. The number of rotatable bonds is 6. The third kappa shape index (κ3) is 5.18. The molecule has 0 radical (unpaired) electrons. The summed E-state index contributed by atoms with van der Waals surface area (Å²) in [6.45, 7) is 2.27. The molecular weight excluding hydrogens is 480 g/mol. The van der Waals surface area contributed by atoms with Gasteiger partial charge in [-0.05, 0) is 56.2 Å². The highest BCUT2D eigenvalue weighted by molar-refractivity contribution is 7.90. The molecule has 0 aliphatic carbocycles. The number of carbonyl (C=O) groups is 1. The zero-order valence-corrected chi connectivity index (χ0v) is 20.3. The molecule has 180 valence electrons. The van der Waals surface area contributed by atoms with E-state index in [0.717, 1.165) is 11.8 Å². The first kappa shape index (κ1) is 24.0. The van der Waals surface area contributed by atoms with Crippen LogP contribution in [-0.2, 0) is 24.7 Å². The van der Waals surface area contributed by atoms with Crippen LogP contribution in [0.15, 0.2) is 62.7 Å². The Bertz CT molecular complexity index is 1400. The fourth-order valence-corrected chi connectivity index (χ4v) is 5.83. The summed E-state index contributed by atoms with van der Waals surface area (Å²) >= 11 is 0. The molecule has 34 heavy (non-hydrogen) atoms. The topological polar surface area (TPSA) is 140 Å². The van der Waals surface area contributed by atoms with Crippen molar-refractivity contribution in [3.05, 3.63) is 54.1 Å². The maximum atomic E-state index is 13.0. The number of nitrogens with one attached hydrogen (secondary N) is 1. The number of benzene rings is 2. The van der Waals surface area contributed by atoms with Gasteiger partial charge in [0.2, 0.25) is 21.8 Å². The van der Waals surface area contributed by atoms with Crippen LogP contribution < -0.4 is 5.32 Å². The van der Waals surface area contributed by atoms with Crippen LogP contribution in [0, 0.1) is 12.8 Å². The first-order chi connectivity index (χ1) is 16.0. The summed E-state index contributed by atoms with van der Waals surface area (Å²) in [5.74, 6) is -0.868. The zero-order chi connectivity index (χ0) is 24.5. The van der Waals surface area contributed by atoms with E-state index in [1.54, 1.807) is 24.3 Å². The zero-order valence-electron chi connectivity index (χ0n) is 18.6. The van der Waals surface area contributed by atoms with Gasteiger partial charge in [-0.2, -0.15) is 4.31 Å². The van der Waals surface area contributed by atoms with E-state index in [0.29, 0.717) is 24.9 Å². The van der Waals surface area contributed by atoms with Gasteiger partial charge in [0.05, 0.1) is 15.7 Å². The molecule has 12 heteroatoms. The van der Waals surface area contributed by atoms with E-state index in [-0.39, 0.29) is 28.2 Å². The quantitative estimate of drug-likeness (QED) is 0.540. The van der Waals surface area contributed by atoms with E-state index >= 15 is 0 Å². The van der Waals surface area contributed by atoms with Gasteiger partial charge < -0.3 is 4.42 Å². The number of aryl methyl sites for hydroxylation is 1. The summed E-state index contributed by atoms with van der Waals surface area (Å²) in [5.41, 5.74) is 1.45. The molecule has 0 spiro atoms. The summed E-state index contributed by atoms with van der Waals surface area (Å²) in [6.07, 6.45) is 2.19. The SMILES string of the molecule is Cc1ccc(S(=O)(=O)N2CCCC(C(=O)Nc3nnc(-c4ccc(S(C)(=O)=O)cc4)o3)C2)cc1. The van der Waals surface area contributed by atoms with Crippen molar-refractivity contribution in [2.24, 2.45) is 5.92 Å². The Kier molecular flexibility index (Phi) is 6.56. The van der Waals surface area contributed by atoms with Crippen molar-refractivity contribution < 1.29 is 26.0 Å². The van der Waals surface area contributed by atoms with Gasteiger partial charge in [0, 0.05) is 24.9 Å². The number of amides is 1. The predicted octanol–water partition coefficient (Wildman–Crippen LogP) is 2.49. The first-order valence-electron chi connectivity index (χ1n) is 10.6. The van der Waals surface area contributed by atoms with Crippen molar-refractivity contribution in [2.75, 3.05) is 24.7 Å². The van der Waals surface area contributed by atoms with Gasteiger partial charge in [-0.1, -0.05) is 22.8 Å². The molecule has 1 N–H and O–H groups in total. The lowest BCUT2D eigenvalue weighted by Crippen LogP contribution is -2.43. The average Bonchev–Trinajstić information content (AvgIpc) is 3.27. The van der Waals surface area contributed by atoms with Crippen LogP contribution in [0.4, 0.5) is 6.01 Å². The summed E-state index contributed by atoms with van der Waals surface area (Å²) in [7, 11) is -7.04. The van der Waals surface area contributed by atoms with Crippen molar-refractivity contribution in [3.8, 4) is 11.5 Å². The lowest BCUT2D eigenvalue weighted by atomic mass is 9.99. The van der Waals surface area contributed by atoms with E-state index in [1.165, 1.54) is 28.6 Å². The average molecular weight is 505 g/mol. The second kappa shape index (κ2) is 9.28. The van der Waals surface area contributed by atoms with Crippen LogP contribution in [0.1, 0.15) is 18.4 Å². The molecule has 0 saturated carbocycles. The third-order valence-electron chi connectivity index (χ3n) is 5.60. The molecule has 3 aromatic rings. The molecule has 0 bridgehead atoms. The monoisotopic (exact) mass is 504 g/mol. The number of sulfone groups is 1. The van der Waals surface area contributed by atoms with Gasteiger partial charge >= 0.3 is 6.01 Å². The molecule has 2 aromatic carbocycles. The van der Waals surface area contributed by atoms with E-state index < -0.39 is 31.7 Å². The minimum atomic E-state index is -3.70. The van der Waals surface area contributed by atoms with Crippen molar-refractivity contribution in [2.45, 2.75) is 29.6 Å². The van der Waals surface area contributed by atoms with Crippen LogP contribution in [0.2, 0.25) is 0 Å². The summed E-state index contributed by atoms with van der Waals surface area (Å²) in [4.78, 5) is 13.2. The number of carbonyl (C=O) groups excluding carboxylic acids is 1. The minimum Gasteiger partial charge on any atom is -0.403 e. The van der Waals surface area contributed by atoms with Crippen molar-refractivity contribution in [3.63, 3.8) is 0 Å². The second-order valence-electron chi connectivity index (χ2n) is 8.21. The van der Waals surface area contributed by atoms with Gasteiger partial charge in [0.25, 0.3) is 0 Å². The van der Waals surface area contributed by atoms with Crippen LogP contribution in [-0.4, -0.2) is 56.6 Å². The van der Waals surface area contributed by atoms with E-state index in [1.807, 2.05) is 6.92 Å². The Morgan fingerprint density at radius 1 is 1.00 bits per heavy atom. The number of aromatic nitrogens is 2. The first-order valence-corrected chi connectivity index (χ1v) is 13.9. The molecule has 1 atom stereocenters. The highest BCUT2D eigenvalue weighted by atomic mass is 32.2. The van der Waals surface area contributed by atoms with Crippen molar-refractivity contribution in [1.29, 1.82) is 0 Å². The summed E-state index contributed by atoms with van der Waals surface area (Å²) in [6, 6.07) is 12.4. The number of anilines is 1. The van der Waals surface area contributed by atoms with E-state index in [9.17, 15) is 21.6 Å². The summed E-state index contributed by atoms with van der Waals surface area (Å²) in [5, 5.41) is 10.3. The smallest absolute Gasteiger partial charge is 0.322 e. The fourth-order valence-electron chi connectivity index (χ4n) is 3.68. The second-order valence-corrected chi connectivity index (χ2v) is 12.2. The Morgan fingerprint density at radius 3 is 2.29 bits per heavy atom. The third-order valence-corrected chi connectivity index (χ3v) is 8.61. The van der Waals surface area contributed by atoms with Gasteiger partial charge in [0.1, 0.15) is 0 Å². The fraction of sp³-hybridized carbons (Fsp3) is 0.318. The largest absolute Gasteiger partial charge is 0.403 e. The maximum absolute atomic E-state index is 13.0. The standard InChI is InChI=1S/C22H24N4O6S2/c1-15-5-9-19(10-6-15)34(30,31)26-13-3-4-17(14-26)20(27)23-22-25-24-21(32-22)16-7-11-18(12-8-16)33(2,28)29/h5-12,17H,3-4,13-14H2,1-2H3,(H,23,25,27). The van der Waals surface area contributed by atoms with Crippen LogP contribution in [0.5, 0.6) is 0 Å². The van der Waals surface area contributed by atoms with Crippen LogP contribution >= 0.6 is 0 Å². The van der Waals surface area contributed by atoms with Crippen LogP contribution in [0.25, 0.3) is 11.5 Å². The maximum Gasteiger partial charge on any atom is 0.322 e. The predicted molar refractivity (Wildman–Crippen MR) is 124 cm³/mol.